The maximum atomic E-state index is 12.4. The van der Waals surface area contributed by atoms with Gasteiger partial charge in [-0.15, -0.1) is 0 Å². The Bertz CT molecular complexity index is 912. The second-order valence-electron chi connectivity index (χ2n) is 13.4. The SMILES string of the molecule is [2H]C([2H])([2H])C([2H])([2H])C([2H])([2H])CCCCCCCCCC/C=C/[C@@H](O)[C@H](CO)NC(=O)CCCCCCCCCCCCC/C=C/CCCCCCCC. The van der Waals surface area contributed by atoms with Crippen molar-refractivity contribution in [2.24, 2.45) is 0 Å². The van der Waals surface area contributed by atoms with E-state index in [9.17, 15) is 15.0 Å². The van der Waals surface area contributed by atoms with Gasteiger partial charge in [0.05, 0.1) is 18.8 Å². The van der Waals surface area contributed by atoms with Crippen molar-refractivity contribution in [1.82, 2.24) is 5.32 Å². The van der Waals surface area contributed by atoms with Crippen molar-refractivity contribution >= 4 is 5.91 Å². The summed E-state index contributed by atoms with van der Waals surface area (Å²) in [6, 6.07) is -0.701. The largest absolute Gasteiger partial charge is 0.394 e. The van der Waals surface area contributed by atoms with E-state index in [0.29, 0.717) is 12.8 Å². The molecule has 1 amide bonds. The Morgan fingerprint density at radius 3 is 1.50 bits per heavy atom. The Kier molecular flexibility index (Phi) is 27.8. The van der Waals surface area contributed by atoms with E-state index in [1.807, 2.05) is 6.08 Å². The summed E-state index contributed by atoms with van der Waals surface area (Å²) in [7, 11) is 0. The fourth-order valence-corrected chi connectivity index (χ4v) is 5.90. The molecule has 4 heteroatoms. The normalized spacial score (nSPS) is 16.4. The number of hydrogen-bond donors (Lipinski definition) is 3. The van der Waals surface area contributed by atoms with Crippen LogP contribution in [-0.4, -0.2) is 34.9 Å². The molecule has 0 aliphatic rings. The molecular weight excluding hydrogens is 566 g/mol. The predicted molar refractivity (Wildman–Crippen MR) is 202 cm³/mol. The minimum absolute atomic E-state index is 0.101. The fraction of sp³-hybridized carbons (Fsp3) is 0.881. The summed E-state index contributed by atoms with van der Waals surface area (Å²) in [5.74, 6) is -0.125. The first-order valence-electron chi connectivity index (χ1n) is 23.2. The highest BCUT2D eigenvalue weighted by Crippen LogP contribution is 2.14. The Morgan fingerprint density at radius 1 is 0.630 bits per heavy atom. The van der Waals surface area contributed by atoms with Gasteiger partial charge >= 0.3 is 0 Å². The van der Waals surface area contributed by atoms with Crippen molar-refractivity contribution < 1.29 is 24.6 Å². The molecule has 0 aliphatic carbocycles. The molecule has 0 radical (unpaired) electrons. The van der Waals surface area contributed by atoms with Crippen molar-refractivity contribution in [3.63, 3.8) is 0 Å². The van der Waals surface area contributed by atoms with Crippen LogP contribution in [0.3, 0.4) is 0 Å². The van der Waals surface area contributed by atoms with Crippen LogP contribution in [0.5, 0.6) is 0 Å². The zero-order chi connectivity index (χ0) is 39.7. The molecule has 0 aromatic heterocycles. The van der Waals surface area contributed by atoms with Crippen LogP contribution in [0.4, 0.5) is 0 Å². The summed E-state index contributed by atoms with van der Waals surface area (Å²) < 4.78 is 52.9. The molecule has 0 fully saturated rings. The highest BCUT2D eigenvalue weighted by atomic mass is 16.3. The number of carbonyl (C=O) groups is 1. The van der Waals surface area contributed by atoms with E-state index >= 15 is 0 Å². The number of aliphatic hydroxyl groups is 2. The van der Waals surface area contributed by atoms with Crippen LogP contribution < -0.4 is 5.32 Å². The highest BCUT2D eigenvalue weighted by molar-refractivity contribution is 5.76. The van der Waals surface area contributed by atoms with Gasteiger partial charge in [0.1, 0.15) is 0 Å². The molecule has 0 aromatic rings. The zero-order valence-corrected chi connectivity index (χ0v) is 30.2. The lowest BCUT2D eigenvalue weighted by molar-refractivity contribution is -0.123. The Balaban J connectivity index is 3.71. The Morgan fingerprint density at radius 2 is 1.04 bits per heavy atom. The molecule has 0 heterocycles. The van der Waals surface area contributed by atoms with Crippen LogP contribution in [0.1, 0.15) is 229 Å². The lowest BCUT2D eigenvalue weighted by atomic mass is 10.0. The van der Waals surface area contributed by atoms with Crippen molar-refractivity contribution in [2.75, 3.05) is 6.61 Å². The monoisotopic (exact) mass is 655 g/mol. The van der Waals surface area contributed by atoms with Crippen molar-refractivity contribution in [3.8, 4) is 0 Å². The molecule has 4 nitrogen and oxygen atoms in total. The van der Waals surface area contributed by atoms with Gasteiger partial charge in [-0.05, 0) is 44.9 Å². The first-order valence-corrected chi connectivity index (χ1v) is 19.7. The van der Waals surface area contributed by atoms with E-state index < -0.39 is 31.7 Å². The molecule has 0 saturated carbocycles. The van der Waals surface area contributed by atoms with Gasteiger partial charge < -0.3 is 15.5 Å². The van der Waals surface area contributed by atoms with E-state index in [4.69, 9.17) is 9.60 Å². The van der Waals surface area contributed by atoms with E-state index in [2.05, 4.69) is 24.4 Å². The number of nitrogens with one attached hydrogen (secondary N) is 1. The first-order chi connectivity index (χ1) is 25.3. The molecule has 0 rings (SSSR count). The first kappa shape index (κ1) is 33.4. The molecule has 0 spiro atoms. The molecule has 272 valence electrons. The third-order valence-electron chi connectivity index (χ3n) is 8.97. The second kappa shape index (κ2) is 38.3. The van der Waals surface area contributed by atoms with Gasteiger partial charge in [0, 0.05) is 16.0 Å². The average Bonchev–Trinajstić information content (AvgIpc) is 3.10. The number of unbranched alkanes of at least 4 members (excludes halogenated alkanes) is 25. The summed E-state index contributed by atoms with van der Waals surface area (Å²) >= 11 is 0. The fourth-order valence-electron chi connectivity index (χ4n) is 5.90. The number of allylic oxidation sites excluding steroid dienone is 3. The number of aliphatic hydroxyl groups excluding tert-OH is 2. The summed E-state index contributed by atoms with van der Waals surface area (Å²) in [6.45, 7) is -1.03. The number of hydrogen-bond acceptors (Lipinski definition) is 3. The van der Waals surface area contributed by atoms with Crippen LogP contribution in [0.25, 0.3) is 0 Å². The van der Waals surface area contributed by atoms with E-state index in [-0.39, 0.29) is 18.9 Å². The second-order valence-corrected chi connectivity index (χ2v) is 13.4. The van der Waals surface area contributed by atoms with Crippen molar-refractivity contribution in [3.05, 3.63) is 24.3 Å². The van der Waals surface area contributed by atoms with E-state index in [0.717, 1.165) is 70.6 Å². The van der Waals surface area contributed by atoms with E-state index in [1.165, 1.54) is 103 Å². The van der Waals surface area contributed by atoms with Crippen molar-refractivity contribution in [2.45, 2.75) is 231 Å². The van der Waals surface area contributed by atoms with Gasteiger partial charge in [-0.2, -0.15) is 0 Å². The van der Waals surface area contributed by atoms with E-state index in [1.54, 1.807) is 6.08 Å². The van der Waals surface area contributed by atoms with Crippen molar-refractivity contribution in [1.29, 1.82) is 0 Å². The maximum Gasteiger partial charge on any atom is 0.220 e. The van der Waals surface area contributed by atoms with Gasteiger partial charge in [-0.1, -0.05) is 192 Å². The third-order valence-corrected chi connectivity index (χ3v) is 8.97. The zero-order valence-electron chi connectivity index (χ0n) is 37.2. The van der Waals surface area contributed by atoms with Gasteiger partial charge in [0.15, 0.2) is 0 Å². The Hall–Kier alpha value is -1.13. The summed E-state index contributed by atoms with van der Waals surface area (Å²) in [4.78, 5) is 12.4. The van der Waals surface area contributed by atoms with Gasteiger partial charge in [0.25, 0.3) is 0 Å². The van der Waals surface area contributed by atoms with Gasteiger partial charge in [-0.25, -0.2) is 0 Å². The van der Waals surface area contributed by atoms with Gasteiger partial charge in [-0.3, -0.25) is 4.79 Å². The van der Waals surface area contributed by atoms with Gasteiger partial charge in [0.2, 0.25) is 5.91 Å². The smallest absolute Gasteiger partial charge is 0.220 e. The average molecular weight is 655 g/mol. The molecule has 0 bridgehead atoms. The third kappa shape index (κ3) is 34.2. The van der Waals surface area contributed by atoms with Crippen LogP contribution in [0.2, 0.25) is 0 Å². The topological polar surface area (TPSA) is 69.6 Å². The maximum absolute atomic E-state index is 12.4. The van der Waals surface area contributed by atoms with Crippen LogP contribution in [-0.2, 0) is 4.79 Å². The van der Waals surface area contributed by atoms with Crippen LogP contribution >= 0.6 is 0 Å². The molecule has 0 aliphatic heterocycles. The number of rotatable bonds is 37. The molecule has 0 unspecified atom stereocenters. The summed E-state index contributed by atoms with van der Waals surface area (Å²) in [6.07, 6.45) is 34.7. The molecule has 46 heavy (non-hydrogen) atoms. The number of amides is 1. The minimum atomic E-state index is -2.98. The quantitative estimate of drug-likeness (QED) is 0.0461. The standard InChI is InChI=1S/C42H81NO3/c1-3-5-7-9-11-13-15-17-18-19-20-21-22-23-24-26-28-30-32-34-36-38-42(46)43-40(39-44)41(45)37-35-33-31-29-27-25-16-14-12-10-8-6-4-2/h17-18,35,37,40-41,44-45H,3-16,19-34,36,38-39H2,1-2H3,(H,43,46)/b18-17+,37-35+/t40-,41+/m0/s1/i2D3,4D2,6D2. The molecule has 2 atom stereocenters. The molecule has 0 saturated heterocycles. The Labute approximate surface area is 297 Å². The van der Waals surface area contributed by atoms with Crippen LogP contribution in [0.15, 0.2) is 24.3 Å². The lowest BCUT2D eigenvalue weighted by Crippen LogP contribution is -2.45. The predicted octanol–water partition coefficient (Wildman–Crippen LogP) is 12.5. The summed E-state index contributed by atoms with van der Waals surface area (Å²) in [5, 5.41) is 22.9. The molecular formula is C42H81NO3. The number of carbonyl (C=O) groups excluding carboxylic acids is 1. The minimum Gasteiger partial charge on any atom is -0.394 e. The molecule has 3 N–H and O–H groups in total. The molecule has 0 aromatic carbocycles. The lowest BCUT2D eigenvalue weighted by Gasteiger charge is -2.20. The summed E-state index contributed by atoms with van der Waals surface area (Å²) in [5.41, 5.74) is 0. The highest BCUT2D eigenvalue weighted by Gasteiger charge is 2.17. The van der Waals surface area contributed by atoms with Crippen LogP contribution in [0, 0.1) is 0 Å².